The Labute approximate surface area is 153 Å². The molecular weight excluding hydrogens is 354 g/mol. The molecule has 0 amide bonds. The molecule has 138 valence electrons. The maximum atomic E-state index is 13.3. The molecule has 2 aromatic carbocycles. The van der Waals surface area contributed by atoms with Crippen LogP contribution in [0.15, 0.2) is 41.2 Å². The van der Waals surface area contributed by atoms with Crippen molar-refractivity contribution < 1.29 is 18.3 Å². The molecule has 27 heavy (non-hydrogen) atoms. The minimum atomic E-state index is -1.10. The van der Waals surface area contributed by atoms with Crippen molar-refractivity contribution in [3.8, 4) is 5.75 Å². The first-order valence-electron chi connectivity index (χ1n) is 8.73. The third kappa shape index (κ3) is 3.32. The zero-order chi connectivity index (χ0) is 19.0. The lowest BCUT2D eigenvalue weighted by molar-refractivity contribution is 0.0734. The number of benzene rings is 2. The van der Waals surface area contributed by atoms with Gasteiger partial charge in [-0.25, -0.2) is 18.6 Å². The smallest absolute Gasteiger partial charge is 0.343 e. The molecule has 0 bridgehead atoms. The maximum Gasteiger partial charge on any atom is 0.343 e. The fourth-order valence-electron chi connectivity index (χ4n) is 3.25. The fourth-order valence-corrected chi connectivity index (χ4v) is 3.25. The summed E-state index contributed by atoms with van der Waals surface area (Å²) in [5.74, 6) is -2.24. The molecule has 0 saturated carbocycles. The van der Waals surface area contributed by atoms with E-state index < -0.39 is 17.6 Å². The van der Waals surface area contributed by atoms with E-state index in [-0.39, 0.29) is 16.9 Å². The van der Waals surface area contributed by atoms with E-state index in [0.717, 1.165) is 37.2 Å². The number of nitrogens with zero attached hydrogens (tertiary/aromatic N) is 2. The van der Waals surface area contributed by atoms with Crippen LogP contribution in [0.1, 0.15) is 35.4 Å². The van der Waals surface area contributed by atoms with Gasteiger partial charge in [-0.05, 0) is 43.2 Å². The number of hydrogen-bond acceptors (Lipinski definition) is 4. The fraction of sp³-hybridized carbons (Fsp3) is 0.250. The number of rotatable bonds is 2. The van der Waals surface area contributed by atoms with Gasteiger partial charge in [0.1, 0.15) is 11.6 Å². The van der Waals surface area contributed by atoms with Gasteiger partial charge in [-0.3, -0.25) is 9.36 Å². The van der Waals surface area contributed by atoms with Crippen molar-refractivity contribution in [2.24, 2.45) is 0 Å². The number of esters is 1. The van der Waals surface area contributed by atoms with E-state index in [4.69, 9.17) is 4.74 Å². The molecule has 0 spiro atoms. The van der Waals surface area contributed by atoms with Crippen molar-refractivity contribution in [1.29, 1.82) is 0 Å². The van der Waals surface area contributed by atoms with Crippen LogP contribution in [-0.4, -0.2) is 15.5 Å². The Bertz CT molecular complexity index is 1110. The van der Waals surface area contributed by atoms with Gasteiger partial charge in [0.25, 0.3) is 5.56 Å². The number of aryl methyl sites for hydroxylation is 1. The molecule has 0 radical (unpaired) electrons. The highest BCUT2D eigenvalue weighted by Gasteiger charge is 2.16. The van der Waals surface area contributed by atoms with Gasteiger partial charge in [0.15, 0.2) is 11.6 Å². The van der Waals surface area contributed by atoms with E-state index in [1.54, 1.807) is 10.6 Å². The van der Waals surface area contributed by atoms with Gasteiger partial charge >= 0.3 is 5.97 Å². The first-order valence-corrected chi connectivity index (χ1v) is 8.73. The Hall–Kier alpha value is -3.09. The summed E-state index contributed by atoms with van der Waals surface area (Å²) in [5, 5.41) is 0.435. The number of halogens is 2. The number of hydrogen-bond donors (Lipinski definition) is 0. The second-order valence-corrected chi connectivity index (χ2v) is 6.49. The van der Waals surface area contributed by atoms with Gasteiger partial charge in [-0.2, -0.15) is 0 Å². The van der Waals surface area contributed by atoms with Crippen LogP contribution >= 0.6 is 0 Å². The van der Waals surface area contributed by atoms with Gasteiger partial charge in [0, 0.05) is 19.0 Å². The second kappa shape index (κ2) is 6.90. The molecule has 0 atom stereocenters. The number of carbonyl (C=O) groups is 1. The molecule has 0 aliphatic carbocycles. The van der Waals surface area contributed by atoms with Gasteiger partial charge in [0.2, 0.25) is 0 Å². The van der Waals surface area contributed by atoms with Crippen LogP contribution in [0.25, 0.3) is 10.9 Å². The molecular formula is C20H16F2N2O3. The lowest BCUT2D eigenvalue weighted by Gasteiger charge is -2.11. The van der Waals surface area contributed by atoms with E-state index in [1.807, 2.05) is 0 Å². The SMILES string of the molecule is O=C(Oc1ccc(F)c(F)c1)c1ccc2c(=O)n3c(nc2c1)CCCCC3. The predicted molar refractivity (Wildman–Crippen MR) is 94.9 cm³/mol. The van der Waals surface area contributed by atoms with Crippen molar-refractivity contribution in [2.75, 3.05) is 0 Å². The summed E-state index contributed by atoms with van der Waals surface area (Å²) in [7, 11) is 0. The van der Waals surface area contributed by atoms with Gasteiger partial charge in [-0.15, -0.1) is 0 Å². The average Bonchev–Trinajstić information content (AvgIpc) is 2.90. The summed E-state index contributed by atoms with van der Waals surface area (Å²) in [6.45, 7) is 0.650. The molecule has 3 aromatic rings. The molecule has 0 saturated heterocycles. The summed E-state index contributed by atoms with van der Waals surface area (Å²) < 4.78 is 33.0. The van der Waals surface area contributed by atoms with E-state index in [9.17, 15) is 18.4 Å². The highest BCUT2D eigenvalue weighted by atomic mass is 19.2. The zero-order valence-electron chi connectivity index (χ0n) is 14.4. The lowest BCUT2D eigenvalue weighted by Crippen LogP contribution is -2.24. The quantitative estimate of drug-likeness (QED) is 0.511. The normalized spacial score (nSPS) is 13.9. The molecule has 1 aliphatic rings. The molecule has 7 heteroatoms. The third-order valence-electron chi connectivity index (χ3n) is 4.65. The average molecular weight is 370 g/mol. The molecule has 0 N–H and O–H groups in total. The van der Waals surface area contributed by atoms with Crippen molar-refractivity contribution in [3.63, 3.8) is 0 Å². The van der Waals surface area contributed by atoms with Gasteiger partial charge in [-0.1, -0.05) is 6.42 Å². The molecule has 2 heterocycles. The summed E-state index contributed by atoms with van der Waals surface area (Å²) in [6, 6.07) is 7.36. The molecule has 0 unspecified atom stereocenters. The first kappa shape index (κ1) is 17.3. The number of ether oxygens (including phenoxy) is 1. The van der Waals surface area contributed by atoms with Crippen molar-refractivity contribution >= 4 is 16.9 Å². The van der Waals surface area contributed by atoms with Crippen LogP contribution in [-0.2, 0) is 13.0 Å². The largest absolute Gasteiger partial charge is 0.423 e. The highest BCUT2D eigenvalue weighted by molar-refractivity contribution is 5.95. The van der Waals surface area contributed by atoms with E-state index in [0.29, 0.717) is 23.9 Å². The Morgan fingerprint density at radius 1 is 1.04 bits per heavy atom. The Kier molecular flexibility index (Phi) is 4.43. The van der Waals surface area contributed by atoms with Crippen molar-refractivity contribution in [3.05, 3.63) is 69.8 Å². The van der Waals surface area contributed by atoms with Crippen LogP contribution in [0, 0.1) is 11.6 Å². The predicted octanol–water partition coefficient (Wildman–Crippen LogP) is 3.62. The van der Waals surface area contributed by atoms with E-state index in [2.05, 4.69) is 4.98 Å². The van der Waals surface area contributed by atoms with Crippen LogP contribution in [0.5, 0.6) is 5.75 Å². The Balaban J connectivity index is 1.69. The third-order valence-corrected chi connectivity index (χ3v) is 4.65. The highest BCUT2D eigenvalue weighted by Crippen LogP contribution is 2.19. The second-order valence-electron chi connectivity index (χ2n) is 6.49. The minimum Gasteiger partial charge on any atom is -0.423 e. The van der Waals surface area contributed by atoms with E-state index in [1.165, 1.54) is 18.2 Å². The molecule has 1 aromatic heterocycles. The van der Waals surface area contributed by atoms with Gasteiger partial charge < -0.3 is 4.74 Å². The minimum absolute atomic E-state index is 0.103. The Morgan fingerprint density at radius 2 is 1.89 bits per heavy atom. The van der Waals surface area contributed by atoms with E-state index >= 15 is 0 Å². The number of aromatic nitrogens is 2. The van der Waals surface area contributed by atoms with Crippen LogP contribution in [0.2, 0.25) is 0 Å². The summed E-state index contributed by atoms with van der Waals surface area (Å²) in [4.78, 5) is 29.6. The maximum absolute atomic E-state index is 13.3. The molecule has 5 nitrogen and oxygen atoms in total. The molecule has 1 aliphatic heterocycles. The summed E-state index contributed by atoms with van der Waals surface area (Å²) >= 11 is 0. The first-order chi connectivity index (χ1) is 13.0. The van der Waals surface area contributed by atoms with Crippen LogP contribution < -0.4 is 10.3 Å². The number of fused-ring (bicyclic) bond motifs is 2. The standard InChI is InChI=1S/C20H16F2N2O3/c21-15-8-6-13(11-16(15)22)27-20(26)12-5-7-14-17(10-12)23-18-4-2-1-3-9-24(18)19(14)25/h5-8,10-11H,1-4,9H2. The van der Waals surface area contributed by atoms with Crippen molar-refractivity contribution in [2.45, 2.75) is 32.2 Å². The Morgan fingerprint density at radius 3 is 2.70 bits per heavy atom. The molecule has 0 fully saturated rings. The summed E-state index contributed by atoms with van der Waals surface area (Å²) in [5.41, 5.74) is 0.489. The number of carbonyl (C=O) groups excluding carboxylic acids is 1. The van der Waals surface area contributed by atoms with Crippen LogP contribution in [0.3, 0.4) is 0 Å². The van der Waals surface area contributed by atoms with Crippen molar-refractivity contribution in [1.82, 2.24) is 9.55 Å². The molecule has 4 rings (SSSR count). The van der Waals surface area contributed by atoms with Crippen LogP contribution in [0.4, 0.5) is 8.78 Å². The topological polar surface area (TPSA) is 61.2 Å². The zero-order valence-corrected chi connectivity index (χ0v) is 14.4. The van der Waals surface area contributed by atoms with Gasteiger partial charge in [0.05, 0.1) is 16.5 Å². The summed E-state index contributed by atoms with van der Waals surface area (Å²) in [6.07, 6.45) is 3.67. The lowest BCUT2D eigenvalue weighted by atomic mass is 10.1. The monoisotopic (exact) mass is 370 g/mol.